The van der Waals surface area contributed by atoms with Gasteiger partial charge in [0.1, 0.15) is 0 Å². The van der Waals surface area contributed by atoms with Crippen LogP contribution < -0.4 is 0 Å². The Balaban J connectivity index is 2.30. The van der Waals surface area contributed by atoms with Crippen LogP contribution in [0.3, 0.4) is 0 Å². The predicted molar refractivity (Wildman–Crippen MR) is 48.0 cm³/mol. The van der Waals surface area contributed by atoms with E-state index in [0.29, 0.717) is 11.3 Å². The molecule has 1 aliphatic rings. The van der Waals surface area contributed by atoms with E-state index >= 15 is 0 Å². The number of alkyl halides is 1. The molecule has 0 heterocycles. The average molecular weight is 177 g/mol. The minimum atomic E-state index is 0.322. The van der Waals surface area contributed by atoms with Crippen LogP contribution in [0.4, 0.5) is 0 Å². The van der Waals surface area contributed by atoms with Gasteiger partial charge in [-0.15, -0.1) is 11.6 Å². The van der Waals surface area contributed by atoms with Gasteiger partial charge in [0, 0.05) is 18.4 Å². The Kier molecular flexibility index (Phi) is 3.67. The SMILES string of the molecule is CCC(Cl)C(COC)C1CC1. The standard InChI is InChI=1S/C9H17ClO/c1-3-9(10)8(6-11-2)7-4-5-7/h7-9H,3-6H2,1-2H3. The van der Waals surface area contributed by atoms with Crippen molar-refractivity contribution in [1.29, 1.82) is 0 Å². The van der Waals surface area contributed by atoms with E-state index in [1.807, 2.05) is 0 Å². The van der Waals surface area contributed by atoms with Gasteiger partial charge in [-0.3, -0.25) is 0 Å². The number of halogens is 1. The lowest BCUT2D eigenvalue weighted by Gasteiger charge is -2.19. The first kappa shape index (κ1) is 9.34. The van der Waals surface area contributed by atoms with Gasteiger partial charge in [0.2, 0.25) is 0 Å². The van der Waals surface area contributed by atoms with E-state index in [4.69, 9.17) is 16.3 Å². The van der Waals surface area contributed by atoms with Gasteiger partial charge in [-0.2, -0.15) is 0 Å². The molecule has 0 aromatic rings. The second-order valence-corrected chi connectivity index (χ2v) is 3.94. The van der Waals surface area contributed by atoms with Crippen molar-refractivity contribution in [3.8, 4) is 0 Å². The van der Waals surface area contributed by atoms with Crippen molar-refractivity contribution in [3.05, 3.63) is 0 Å². The minimum absolute atomic E-state index is 0.322. The summed E-state index contributed by atoms with van der Waals surface area (Å²) < 4.78 is 5.14. The van der Waals surface area contributed by atoms with Crippen molar-refractivity contribution in [3.63, 3.8) is 0 Å². The van der Waals surface area contributed by atoms with E-state index in [-0.39, 0.29) is 0 Å². The fourth-order valence-corrected chi connectivity index (χ4v) is 1.83. The molecular weight excluding hydrogens is 160 g/mol. The molecule has 1 rings (SSSR count). The highest BCUT2D eigenvalue weighted by molar-refractivity contribution is 6.20. The van der Waals surface area contributed by atoms with Crippen LogP contribution in [0, 0.1) is 11.8 Å². The zero-order valence-corrected chi connectivity index (χ0v) is 8.10. The highest BCUT2D eigenvalue weighted by atomic mass is 35.5. The molecule has 2 atom stereocenters. The van der Waals surface area contributed by atoms with Crippen LogP contribution in [0.25, 0.3) is 0 Å². The maximum Gasteiger partial charge on any atom is 0.0507 e. The van der Waals surface area contributed by atoms with Crippen LogP contribution in [0.1, 0.15) is 26.2 Å². The summed E-state index contributed by atoms with van der Waals surface area (Å²) in [7, 11) is 1.76. The summed E-state index contributed by atoms with van der Waals surface area (Å²) >= 11 is 6.17. The molecule has 66 valence electrons. The molecule has 0 N–H and O–H groups in total. The zero-order valence-electron chi connectivity index (χ0n) is 7.35. The van der Waals surface area contributed by atoms with Gasteiger partial charge >= 0.3 is 0 Å². The van der Waals surface area contributed by atoms with Crippen molar-refractivity contribution < 1.29 is 4.74 Å². The van der Waals surface area contributed by atoms with E-state index in [1.165, 1.54) is 12.8 Å². The summed E-state index contributed by atoms with van der Waals surface area (Å²) in [5.74, 6) is 1.46. The van der Waals surface area contributed by atoms with E-state index in [2.05, 4.69) is 6.92 Å². The normalized spacial score (nSPS) is 23.2. The number of hydrogen-bond acceptors (Lipinski definition) is 1. The first-order valence-corrected chi connectivity index (χ1v) is 4.86. The lowest BCUT2D eigenvalue weighted by Crippen LogP contribution is -2.21. The summed E-state index contributed by atoms with van der Waals surface area (Å²) in [6.07, 6.45) is 3.78. The summed E-state index contributed by atoms with van der Waals surface area (Å²) in [5.41, 5.74) is 0. The zero-order chi connectivity index (χ0) is 8.27. The molecule has 0 bridgehead atoms. The molecule has 0 saturated heterocycles. The van der Waals surface area contributed by atoms with Crippen LogP contribution >= 0.6 is 11.6 Å². The van der Waals surface area contributed by atoms with Crippen molar-refractivity contribution in [2.45, 2.75) is 31.6 Å². The molecular formula is C9H17ClO. The molecule has 2 unspecified atom stereocenters. The third-order valence-corrected chi connectivity index (χ3v) is 3.07. The van der Waals surface area contributed by atoms with Crippen LogP contribution in [-0.2, 0) is 4.74 Å². The average Bonchev–Trinajstić information content (AvgIpc) is 2.81. The number of rotatable bonds is 5. The Bertz CT molecular complexity index is 112. The molecule has 1 saturated carbocycles. The molecule has 0 spiro atoms. The number of methoxy groups -OCH3 is 1. The fraction of sp³-hybridized carbons (Fsp3) is 1.00. The number of ether oxygens (including phenoxy) is 1. The molecule has 2 heteroatoms. The highest BCUT2D eigenvalue weighted by Gasteiger charge is 2.34. The molecule has 0 radical (unpaired) electrons. The second kappa shape index (κ2) is 4.32. The topological polar surface area (TPSA) is 9.23 Å². The van der Waals surface area contributed by atoms with Gasteiger partial charge < -0.3 is 4.74 Å². The van der Waals surface area contributed by atoms with Crippen molar-refractivity contribution in [1.82, 2.24) is 0 Å². The molecule has 0 aliphatic heterocycles. The molecule has 0 amide bonds. The predicted octanol–water partition coefficient (Wildman–Crippen LogP) is 2.68. The molecule has 11 heavy (non-hydrogen) atoms. The van der Waals surface area contributed by atoms with E-state index in [0.717, 1.165) is 18.9 Å². The van der Waals surface area contributed by atoms with Gasteiger partial charge in [0.15, 0.2) is 0 Å². The van der Waals surface area contributed by atoms with Crippen LogP contribution in [0.5, 0.6) is 0 Å². The van der Waals surface area contributed by atoms with Gasteiger partial charge in [-0.1, -0.05) is 6.92 Å². The minimum Gasteiger partial charge on any atom is -0.384 e. The van der Waals surface area contributed by atoms with Gasteiger partial charge in [-0.05, 0) is 25.2 Å². The molecule has 1 fully saturated rings. The lowest BCUT2D eigenvalue weighted by molar-refractivity contribution is 0.138. The Labute approximate surface area is 74.1 Å². The molecule has 0 aromatic heterocycles. The smallest absolute Gasteiger partial charge is 0.0507 e. The molecule has 0 aromatic carbocycles. The summed E-state index contributed by atoms with van der Waals surface area (Å²) in [6, 6.07) is 0. The maximum atomic E-state index is 6.17. The summed E-state index contributed by atoms with van der Waals surface area (Å²) in [6.45, 7) is 2.98. The van der Waals surface area contributed by atoms with Gasteiger partial charge in [0.05, 0.1) is 6.61 Å². The van der Waals surface area contributed by atoms with Crippen molar-refractivity contribution in [2.24, 2.45) is 11.8 Å². The Morgan fingerprint density at radius 1 is 1.55 bits per heavy atom. The van der Waals surface area contributed by atoms with Crippen LogP contribution in [-0.4, -0.2) is 19.1 Å². The highest BCUT2D eigenvalue weighted by Crippen LogP contribution is 2.40. The maximum absolute atomic E-state index is 6.17. The monoisotopic (exact) mass is 176 g/mol. The Morgan fingerprint density at radius 3 is 2.55 bits per heavy atom. The summed E-state index contributed by atoms with van der Waals surface area (Å²) in [5, 5.41) is 0.322. The lowest BCUT2D eigenvalue weighted by atomic mass is 9.99. The van der Waals surface area contributed by atoms with Crippen LogP contribution in [0.2, 0.25) is 0 Å². The first-order chi connectivity index (χ1) is 5.29. The number of hydrogen-bond donors (Lipinski definition) is 0. The second-order valence-electron chi connectivity index (χ2n) is 3.38. The fourth-order valence-electron chi connectivity index (χ4n) is 1.56. The third-order valence-electron chi connectivity index (χ3n) is 2.44. The first-order valence-electron chi connectivity index (χ1n) is 4.42. The molecule has 1 aliphatic carbocycles. The quantitative estimate of drug-likeness (QED) is 0.586. The van der Waals surface area contributed by atoms with Crippen molar-refractivity contribution >= 4 is 11.6 Å². The van der Waals surface area contributed by atoms with Gasteiger partial charge in [-0.25, -0.2) is 0 Å². The molecule has 1 nitrogen and oxygen atoms in total. The van der Waals surface area contributed by atoms with Gasteiger partial charge in [0.25, 0.3) is 0 Å². The van der Waals surface area contributed by atoms with Crippen LogP contribution in [0.15, 0.2) is 0 Å². The Morgan fingerprint density at radius 2 is 2.18 bits per heavy atom. The summed E-state index contributed by atoms with van der Waals surface area (Å²) in [4.78, 5) is 0. The van der Waals surface area contributed by atoms with E-state index < -0.39 is 0 Å². The third kappa shape index (κ3) is 2.64. The van der Waals surface area contributed by atoms with E-state index in [9.17, 15) is 0 Å². The Hall–Kier alpha value is 0.250. The van der Waals surface area contributed by atoms with E-state index in [1.54, 1.807) is 7.11 Å². The van der Waals surface area contributed by atoms with Crippen molar-refractivity contribution in [2.75, 3.05) is 13.7 Å². The largest absolute Gasteiger partial charge is 0.384 e.